The Morgan fingerprint density at radius 3 is 1.28 bits per heavy atom. The lowest BCUT2D eigenvalue weighted by atomic mass is 10.4. The molecule has 4 heterocycles. The zero-order chi connectivity index (χ0) is 25.7. The van der Waals surface area contributed by atoms with Gasteiger partial charge in [-0.05, 0) is 6.58 Å². The molecule has 36 heavy (non-hydrogen) atoms. The number of hydrogen-bond acceptors (Lipinski definition) is 14. The molecule has 4 rings (SSSR count). The quantitative estimate of drug-likeness (QED) is 0.279. The number of nitrogens with zero attached hydrogens (tertiary/aromatic N) is 3. The second kappa shape index (κ2) is 11.3. The SMILES string of the molecule is C=C1OCC(COCn2c(=O)n(COCC3COC(=O)O3)c(=O)n(COCC3COC(=O)O3)c2=O)O1. The molecule has 0 spiro atoms. The van der Waals surface area contributed by atoms with E-state index in [-0.39, 0.29) is 45.6 Å². The lowest BCUT2D eigenvalue weighted by Crippen LogP contribution is -2.55. The van der Waals surface area contributed by atoms with Gasteiger partial charge in [0.1, 0.15) is 40.0 Å². The van der Waals surface area contributed by atoms with Gasteiger partial charge in [-0.15, -0.1) is 0 Å². The van der Waals surface area contributed by atoms with Crippen molar-refractivity contribution in [2.24, 2.45) is 0 Å². The Morgan fingerprint density at radius 2 is 0.972 bits per heavy atom. The van der Waals surface area contributed by atoms with Gasteiger partial charge in [0.25, 0.3) is 5.95 Å². The predicted octanol–water partition coefficient (Wildman–Crippen LogP) is -1.95. The van der Waals surface area contributed by atoms with Crippen molar-refractivity contribution in [3.8, 4) is 0 Å². The first-order chi connectivity index (χ1) is 17.3. The smallest absolute Gasteiger partial charge is 0.462 e. The molecule has 3 unspecified atom stereocenters. The summed E-state index contributed by atoms with van der Waals surface area (Å²) >= 11 is 0. The first-order valence-corrected chi connectivity index (χ1v) is 10.6. The number of cyclic esters (lactones) is 4. The van der Waals surface area contributed by atoms with Crippen LogP contribution in [0.25, 0.3) is 0 Å². The van der Waals surface area contributed by atoms with Gasteiger partial charge in [0, 0.05) is 0 Å². The van der Waals surface area contributed by atoms with Crippen molar-refractivity contribution in [2.75, 3.05) is 39.6 Å². The maximum atomic E-state index is 12.9. The van der Waals surface area contributed by atoms with E-state index in [0.717, 1.165) is 0 Å². The van der Waals surface area contributed by atoms with Gasteiger partial charge in [-0.1, -0.05) is 0 Å². The third kappa shape index (κ3) is 6.04. The van der Waals surface area contributed by atoms with E-state index in [2.05, 4.69) is 16.1 Å². The molecule has 1 aromatic rings. The minimum absolute atomic E-state index is 0.0306. The lowest BCUT2D eigenvalue weighted by molar-refractivity contribution is -0.0121. The van der Waals surface area contributed by atoms with Crippen LogP contribution in [0.4, 0.5) is 9.59 Å². The zero-order valence-electron chi connectivity index (χ0n) is 18.9. The molecule has 0 aliphatic carbocycles. The summed E-state index contributed by atoms with van der Waals surface area (Å²) in [6, 6.07) is 0. The van der Waals surface area contributed by atoms with Crippen molar-refractivity contribution in [3.05, 3.63) is 44.0 Å². The van der Waals surface area contributed by atoms with E-state index in [1.807, 2.05) is 0 Å². The fourth-order valence-electron chi connectivity index (χ4n) is 3.26. The van der Waals surface area contributed by atoms with E-state index in [0.29, 0.717) is 13.7 Å². The Hall–Kier alpha value is -3.83. The van der Waals surface area contributed by atoms with Crippen LogP contribution in [0.3, 0.4) is 0 Å². The second-order valence-corrected chi connectivity index (χ2v) is 7.66. The molecule has 3 atom stereocenters. The molecule has 3 fully saturated rings. The third-order valence-electron chi connectivity index (χ3n) is 4.99. The molecule has 17 nitrogen and oxygen atoms in total. The normalized spacial score (nSPS) is 23.0. The summed E-state index contributed by atoms with van der Waals surface area (Å²) in [5.74, 6) is 0.127. The molecule has 3 saturated heterocycles. The molecule has 1 aromatic heterocycles. The summed E-state index contributed by atoms with van der Waals surface area (Å²) in [5.41, 5.74) is -3.04. The summed E-state index contributed by atoms with van der Waals surface area (Å²) in [5, 5.41) is 0. The first kappa shape index (κ1) is 25.3. The molecule has 17 heteroatoms. The molecular weight excluding hydrogens is 494 g/mol. The molecule has 198 valence electrons. The van der Waals surface area contributed by atoms with Crippen molar-refractivity contribution in [3.63, 3.8) is 0 Å². The van der Waals surface area contributed by atoms with Crippen LogP contribution in [0.5, 0.6) is 0 Å². The Labute approximate surface area is 201 Å². The highest BCUT2D eigenvalue weighted by molar-refractivity contribution is 5.62. The van der Waals surface area contributed by atoms with Crippen LogP contribution < -0.4 is 17.1 Å². The van der Waals surface area contributed by atoms with Crippen molar-refractivity contribution in [1.82, 2.24) is 13.7 Å². The molecule has 0 amide bonds. The van der Waals surface area contributed by atoms with Gasteiger partial charge in [0.2, 0.25) is 0 Å². The highest BCUT2D eigenvalue weighted by atomic mass is 16.8. The number of ether oxygens (including phenoxy) is 9. The van der Waals surface area contributed by atoms with Crippen LogP contribution in [-0.4, -0.2) is 84.0 Å². The minimum Gasteiger partial charge on any atom is -0.462 e. The van der Waals surface area contributed by atoms with Crippen LogP contribution >= 0.6 is 0 Å². The predicted molar refractivity (Wildman–Crippen MR) is 109 cm³/mol. The van der Waals surface area contributed by atoms with Gasteiger partial charge >= 0.3 is 29.4 Å². The van der Waals surface area contributed by atoms with Crippen molar-refractivity contribution in [2.45, 2.75) is 38.5 Å². The maximum Gasteiger partial charge on any atom is 0.508 e. The number of hydrogen-bond donors (Lipinski definition) is 0. The topological polar surface area (TPSA) is 183 Å². The van der Waals surface area contributed by atoms with Crippen LogP contribution in [0.2, 0.25) is 0 Å². The summed E-state index contributed by atoms with van der Waals surface area (Å²) in [4.78, 5) is 60.7. The van der Waals surface area contributed by atoms with Crippen molar-refractivity contribution >= 4 is 12.3 Å². The highest BCUT2D eigenvalue weighted by Gasteiger charge is 2.27. The van der Waals surface area contributed by atoms with Crippen LogP contribution in [-0.2, 0) is 62.8 Å². The molecule has 0 radical (unpaired) electrons. The van der Waals surface area contributed by atoms with Gasteiger partial charge in [0.15, 0.2) is 18.3 Å². The standard InChI is InChI=1S/C19H23N3O14/c1-11-31-5-12(34-11)2-28-8-20-15(23)21(9-29-3-13-6-32-18(26)35-13)17(25)22(16(20)24)10-30-4-14-7-33-19(27)36-14/h12-14H,1-10H2. The van der Waals surface area contributed by atoms with E-state index in [4.69, 9.17) is 33.2 Å². The zero-order valence-corrected chi connectivity index (χ0v) is 18.9. The van der Waals surface area contributed by atoms with Gasteiger partial charge < -0.3 is 42.6 Å². The summed E-state index contributed by atoms with van der Waals surface area (Å²) in [7, 11) is 0. The van der Waals surface area contributed by atoms with Gasteiger partial charge in [0.05, 0.1) is 19.8 Å². The monoisotopic (exact) mass is 517 g/mol. The van der Waals surface area contributed by atoms with E-state index in [1.54, 1.807) is 0 Å². The van der Waals surface area contributed by atoms with Gasteiger partial charge in [-0.3, -0.25) is 0 Å². The average Bonchev–Trinajstić information content (AvgIpc) is 3.57. The maximum absolute atomic E-state index is 12.9. The van der Waals surface area contributed by atoms with Crippen LogP contribution in [0.15, 0.2) is 26.9 Å². The largest absolute Gasteiger partial charge is 0.508 e. The fourth-order valence-corrected chi connectivity index (χ4v) is 3.26. The Bertz CT molecular complexity index is 996. The van der Waals surface area contributed by atoms with E-state index < -0.39 is 67.9 Å². The summed E-state index contributed by atoms with van der Waals surface area (Å²) < 4.78 is 47.3. The molecule has 3 aliphatic heterocycles. The lowest BCUT2D eigenvalue weighted by Gasteiger charge is -2.16. The number of rotatable bonds is 12. The number of carbonyl (C=O) groups excluding carboxylic acids is 2. The molecule has 3 aliphatic rings. The van der Waals surface area contributed by atoms with Crippen molar-refractivity contribution in [1.29, 1.82) is 0 Å². The second-order valence-electron chi connectivity index (χ2n) is 7.66. The summed E-state index contributed by atoms with van der Waals surface area (Å²) in [6.45, 7) is 1.57. The summed E-state index contributed by atoms with van der Waals surface area (Å²) in [6.07, 6.45) is -3.63. The van der Waals surface area contributed by atoms with Gasteiger partial charge in [-0.25, -0.2) is 37.7 Å². The molecule has 0 aromatic carbocycles. The Morgan fingerprint density at radius 1 is 0.611 bits per heavy atom. The van der Waals surface area contributed by atoms with Crippen LogP contribution in [0, 0.1) is 0 Å². The van der Waals surface area contributed by atoms with E-state index in [9.17, 15) is 24.0 Å². The fraction of sp³-hybridized carbons (Fsp3) is 0.632. The molecule has 0 saturated carbocycles. The van der Waals surface area contributed by atoms with Gasteiger partial charge in [-0.2, -0.15) is 0 Å². The first-order valence-electron chi connectivity index (χ1n) is 10.6. The van der Waals surface area contributed by atoms with E-state index in [1.165, 1.54) is 0 Å². The van der Waals surface area contributed by atoms with Crippen LogP contribution in [0.1, 0.15) is 0 Å². The Balaban J connectivity index is 1.46. The minimum atomic E-state index is -1.02. The van der Waals surface area contributed by atoms with E-state index >= 15 is 0 Å². The number of aromatic nitrogens is 3. The van der Waals surface area contributed by atoms with Crippen molar-refractivity contribution < 1.29 is 52.2 Å². The molecular formula is C19H23N3O14. The average molecular weight is 517 g/mol. The molecule has 0 N–H and O–H groups in total. The highest BCUT2D eigenvalue weighted by Crippen LogP contribution is 2.12. The molecule has 0 bridgehead atoms. The number of carbonyl (C=O) groups is 2. The Kier molecular flexibility index (Phi) is 7.91. The third-order valence-corrected chi connectivity index (χ3v) is 4.99.